The Balaban J connectivity index is 1.76. The van der Waals surface area contributed by atoms with Crippen molar-refractivity contribution in [3.63, 3.8) is 0 Å². The van der Waals surface area contributed by atoms with Crippen LogP contribution in [0.4, 0.5) is 10.5 Å². The highest BCUT2D eigenvalue weighted by molar-refractivity contribution is 6.06. The molecule has 0 aliphatic carbocycles. The number of aromatic nitrogens is 1. The van der Waals surface area contributed by atoms with Gasteiger partial charge in [-0.05, 0) is 31.0 Å². The molecule has 122 valence electrons. The van der Waals surface area contributed by atoms with Crippen LogP contribution < -0.4 is 10.6 Å². The first-order valence-electron chi connectivity index (χ1n) is 7.52. The third kappa shape index (κ3) is 3.45. The van der Waals surface area contributed by atoms with E-state index in [2.05, 4.69) is 15.6 Å². The van der Waals surface area contributed by atoms with Crippen LogP contribution >= 0.6 is 0 Å². The summed E-state index contributed by atoms with van der Waals surface area (Å²) >= 11 is 0. The van der Waals surface area contributed by atoms with Gasteiger partial charge in [-0.2, -0.15) is 0 Å². The van der Waals surface area contributed by atoms with Gasteiger partial charge in [0.15, 0.2) is 0 Å². The van der Waals surface area contributed by atoms with E-state index < -0.39 is 5.97 Å². The maximum atomic E-state index is 12.1. The summed E-state index contributed by atoms with van der Waals surface area (Å²) in [7, 11) is 1.33. The normalized spacial score (nSPS) is 15.3. The van der Waals surface area contributed by atoms with Gasteiger partial charge in [-0.25, -0.2) is 9.59 Å². The van der Waals surface area contributed by atoms with E-state index in [0.717, 1.165) is 23.7 Å². The second-order valence-electron chi connectivity index (χ2n) is 5.44. The Morgan fingerprint density at radius 2 is 2.09 bits per heavy atom. The Labute approximate surface area is 133 Å². The molecule has 2 aromatic rings. The molecule has 1 aromatic heterocycles. The molecule has 3 rings (SSSR count). The Kier molecular flexibility index (Phi) is 4.47. The fraction of sp³-hybridized carbons (Fsp3) is 0.375. The Morgan fingerprint density at radius 1 is 1.30 bits per heavy atom. The molecule has 0 spiro atoms. The molecule has 2 amide bonds. The van der Waals surface area contributed by atoms with Crippen LogP contribution in [0.1, 0.15) is 23.2 Å². The number of fused-ring (bicyclic) bond motifs is 1. The summed E-state index contributed by atoms with van der Waals surface area (Å²) in [4.78, 5) is 27.1. The molecular weight excluding hydrogens is 298 g/mol. The van der Waals surface area contributed by atoms with E-state index in [0.29, 0.717) is 24.5 Å². The second kappa shape index (κ2) is 6.70. The molecular formula is C16H19N3O4. The van der Waals surface area contributed by atoms with E-state index in [9.17, 15) is 9.59 Å². The van der Waals surface area contributed by atoms with Crippen LogP contribution in [0.5, 0.6) is 0 Å². The van der Waals surface area contributed by atoms with Gasteiger partial charge in [0.25, 0.3) is 0 Å². The van der Waals surface area contributed by atoms with Crippen molar-refractivity contribution >= 4 is 28.6 Å². The zero-order chi connectivity index (χ0) is 16.2. The van der Waals surface area contributed by atoms with Crippen LogP contribution in [-0.4, -0.2) is 43.3 Å². The van der Waals surface area contributed by atoms with Gasteiger partial charge >= 0.3 is 12.0 Å². The first-order valence-corrected chi connectivity index (χ1v) is 7.52. The number of anilines is 1. The quantitative estimate of drug-likeness (QED) is 0.757. The van der Waals surface area contributed by atoms with Crippen LogP contribution in [-0.2, 0) is 9.47 Å². The fourth-order valence-electron chi connectivity index (χ4n) is 2.71. The van der Waals surface area contributed by atoms with E-state index in [1.807, 2.05) is 0 Å². The number of hydrogen-bond acceptors (Lipinski definition) is 4. The van der Waals surface area contributed by atoms with Gasteiger partial charge in [0, 0.05) is 42.0 Å². The molecule has 0 saturated carbocycles. The predicted molar refractivity (Wildman–Crippen MR) is 85.6 cm³/mol. The molecule has 0 bridgehead atoms. The van der Waals surface area contributed by atoms with Gasteiger partial charge < -0.3 is 25.1 Å². The highest BCUT2D eigenvalue weighted by Crippen LogP contribution is 2.24. The average Bonchev–Trinajstić information content (AvgIpc) is 3.02. The zero-order valence-corrected chi connectivity index (χ0v) is 12.8. The molecule has 2 heterocycles. The molecule has 1 aliphatic heterocycles. The summed E-state index contributed by atoms with van der Waals surface area (Å²) in [5, 5.41) is 6.44. The number of aromatic amines is 1. The van der Waals surface area contributed by atoms with Crippen molar-refractivity contribution in [2.24, 2.45) is 0 Å². The summed E-state index contributed by atoms with van der Waals surface area (Å²) in [6.45, 7) is 1.32. The third-order valence-electron chi connectivity index (χ3n) is 3.89. The minimum absolute atomic E-state index is 0.109. The molecule has 0 atom stereocenters. The molecule has 23 heavy (non-hydrogen) atoms. The fourth-order valence-corrected chi connectivity index (χ4v) is 2.71. The van der Waals surface area contributed by atoms with Crippen LogP contribution in [0.3, 0.4) is 0 Å². The number of H-pyrrole nitrogens is 1. The summed E-state index contributed by atoms with van der Waals surface area (Å²) in [6.07, 6.45) is 3.34. The van der Waals surface area contributed by atoms with E-state index in [4.69, 9.17) is 9.47 Å². The Morgan fingerprint density at radius 3 is 2.83 bits per heavy atom. The Bertz CT molecular complexity index is 719. The van der Waals surface area contributed by atoms with Crippen LogP contribution in [0.2, 0.25) is 0 Å². The lowest BCUT2D eigenvalue weighted by atomic mass is 10.1. The summed E-state index contributed by atoms with van der Waals surface area (Å²) in [6, 6.07) is 5.02. The van der Waals surface area contributed by atoms with Crippen molar-refractivity contribution in [1.29, 1.82) is 0 Å². The maximum absolute atomic E-state index is 12.1. The molecule has 1 fully saturated rings. The number of esters is 1. The van der Waals surface area contributed by atoms with E-state index >= 15 is 0 Å². The van der Waals surface area contributed by atoms with Gasteiger partial charge in [-0.1, -0.05) is 0 Å². The number of methoxy groups -OCH3 is 1. The molecule has 1 aromatic carbocycles. The molecule has 1 saturated heterocycles. The van der Waals surface area contributed by atoms with Crippen molar-refractivity contribution in [3.05, 3.63) is 30.0 Å². The smallest absolute Gasteiger partial charge is 0.338 e. The highest BCUT2D eigenvalue weighted by atomic mass is 16.5. The van der Waals surface area contributed by atoms with Gasteiger partial charge in [0.1, 0.15) is 0 Å². The summed E-state index contributed by atoms with van der Waals surface area (Å²) in [5.74, 6) is -0.442. The van der Waals surface area contributed by atoms with Crippen molar-refractivity contribution < 1.29 is 19.1 Å². The first kappa shape index (κ1) is 15.4. The standard InChI is InChI=1S/C16H19N3O4/c1-22-15(20)13-8-11(9-14-12(13)2-5-17-14)19-16(21)18-10-3-6-23-7-4-10/h2,5,8-10,17H,3-4,6-7H2,1H3,(H2,18,19,21). The van der Waals surface area contributed by atoms with Crippen LogP contribution in [0.15, 0.2) is 24.4 Å². The number of carbonyl (C=O) groups is 2. The number of carbonyl (C=O) groups excluding carboxylic acids is 2. The SMILES string of the molecule is COC(=O)c1cc(NC(=O)NC2CCOCC2)cc2[nH]ccc12. The van der Waals surface area contributed by atoms with Gasteiger partial charge in [-0.15, -0.1) is 0 Å². The second-order valence-corrected chi connectivity index (χ2v) is 5.44. The lowest BCUT2D eigenvalue weighted by molar-refractivity contribution is 0.0603. The molecule has 1 aliphatic rings. The number of amides is 2. The third-order valence-corrected chi connectivity index (χ3v) is 3.89. The number of rotatable bonds is 3. The average molecular weight is 317 g/mol. The summed E-state index contributed by atoms with van der Waals surface area (Å²) < 4.78 is 10.1. The molecule has 0 radical (unpaired) electrons. The molecule has 7 heteroatoms. The minimum Gasteiger partial charge on any atom is -0.465 e. The van der Waals surface area contributed by atoms with Crippen LogP contribution in [0, 0.1) is 0 Å². The lowest BCUT2D eigenvalue weighted by Gasteiger charge is -2.23. The van der Waals surface area contributed by atoms with Crippen molar-refractivity contribution in [2.45, 2.75) is 18.9 Å². The zero-order valence-electron chi connectivity index (χ0n) is 12.8. The van der Waals surface area contributed by atoms with Crippen molar-refractivity contribution in [2.75, 3.05) is 25.6 Å². The number of ether oxygens (including phenoxy) is 2. The molecule has 0 unspecified atom stereocenters. The Hall–Kier alpha value is -2.54. The van der Waals surface area contributed by atoms with Crippen molar-refractivity contribution in [1.82, 2.24) is 10.3 Å². The maximum Gasteiger partial charge on any atom is 0.338 e. The van der Waals surface area contributed by atoms with Gasteiger partial charge in [0.05, 0.1) is 12.7 Å². The number of nitrogens with one attached hydrogen (secondary N) is 3. The number of urea groups is 1. The highest BCUT2D eigenvalue weighted by Gasteiger charge is 2.17. The predicted octanol–water partition coefficient (Wildman–Crippen LogP) is 2.25. The van der Waals surface area contributed by atoms with E-state index in [1.165, 1.54) is 7.11 Å². The lowest BCUT2D eigenvalue weighted by Crippen LogP contribution is -2.41. The minimum atomic E-state index is -0.442. The monoisotopic (exact) mass is 317 g/mol. The number of hydrogen-bond donors (Lipinski definition) is 3. The summed E-state index contributed by atoms with van der Waals surface area (Å²) in [5.41, 5.74) is 1.70. The molecule has 7 nitrogen and oxygen atoms in total. The van der Waals surface area contributed by atoms with Crippen LogP contribution in [0.25, 0.3) is 10.9 Å². The largest absolute Gasteiger partial charge is 0.465 e. The molecule has 3 N–H and O–H groups in total. The first-order chi connectivity index (χ1) is 11.2. The van der Waals surface area contributed by atoms with E-state index in [-0.39, 0.29) is 12.1 Å². The van der Waals surface area contributed by atoms with Crippen molar-refractivity contribution in [3.8, 4) is 0 Å². The van der Waals surface area contributed by atoms with E-state index in [1.54, 1.807) is 24.4 Å². The van der Waals surface area contributed by atoms with Gasteiger partial charge in [-0.3, -0.25) is 0 Å². The van der Waals surface area contributed by atoms with Gasteiger partial charge in [0.2, 0.25) is 0 Å². The topological polar surface area (TPSA) is 92.4 Å². The number of benzene rings is 1.